The molecule has 0 N–H and O–H groups in total. The fourth-order valence-corrected chi connectivity index (χ4v) is 2.26. The Hall–Kier alpha value is 0. The third kappa shape index (κ3) is 1.98. The van der Waals surface area contributed by atoms with Crippen molar-refractivity contribution >= 4 is 0 Å². The average molecular weight is 154 g/mol. The van der Waals surface area contributed by atoms with E-state index in [0.717, 1.165) is 11.8 Å². The first-order valence-corrected chi connectivity index (χ1v) is 5.07. The molecule has 0 radical (unpaired) electrons. The van der Waals surface area contributed by atoms with E-state index in [4.69, 9.17) is 0 Å². The summed E-state index contributed by atoms with van der Waals surface area (Å²) in [5.74, 6) is 1.92. The normalized spacial score (nSPS) is 38.5. The molecule has 0 spiro atoms. The molecule has 0 aromatic rings. The van der Waals surface area contributed by atoms with Crippen molar-refractivity contribution < 1.29 is 0 Å². The van der Waals surface area contributed by atoms with E-state index in [1.165, 1.54) is 25.7 Å². The average Bonchev–Trinajstić information content (AvgIpc) is 2.33. The topological polar surface area (TPSA) is 0 Å². The summed E-state index contributed by atoms with van der Waals surface area (Å²) in [4.78, 5) is 0. The van der Waals surface area contributed by atoms with Gasteiger partial charge in [0.2, 0.25) is 0 Å². The van der Waals surface area contributed by atoms with Gasteiger partial charge in [0, 0.05) is 0 Å². The Morgan fingerprint density at radius 3 is 2.36 bits per heavy atom. The van der Waals surface area contributed by atoms with Crippen LogP contribution < -0.4 is 0 Å². The standard InChI is InChI=1S/C11H22/c1-5-11(4)7-6-10(8-11)9(2)3/h9-10H,5-8H2,1-4H3. The first-order valence-electron chi connectivity index (χ1n) is 5.07. The van der Waals surface area contributed by atoms with E-state index in [-0.39, 0.29) is 0 Å². The predicted molar refractivity (Wildman–Crippen MR) is 50.6 cm³/mol. The SMILES string of the molecule is CCC1(C)CCC(C(C)C)C1. The first kappa shape index (κ1) is 9.09. The van der Waals surface area contributed by atoms with Crippen LogP contribution >= 0.6 is 0 Å². The molecule has 0 heteroatoms. The summed E-state index contributed by atoms with van der Waals surface area (Å²) in [5, 5.41) is 0. The van der Waals surface area contributed by atoms with Gasteiger partial charge in [0.25, 0.3) is 0 Å². The zero-order valence-corrected chi connectivity index (χ0v) is 8.48. The van der Waals surface area contributed by atoms with E-state index in [9.17, 15) is 0 Å². The van der Waals surface area contributed by atoms with Crippen LogP contribution in [0.3, 0.4) is 0 Å². The molecule has 1 rings (SSSR count). The molecule has 66 valence electrons. The zero-order valence-electron chi connectivity index (χ0n) is 8.48. The van der Waals surface area contributed by atoms with Gasteiger partial charge in [-0.1, -0.05) is 34.1 Å². The molecule has 0 bridgehead atoms. The van der Waals surface area contributed by atoms with Crippen molar-refractivity contribution in [3.63, 3.8) is 0 Å². The maximum Gasteiger partial charge on any atom is -0.0326 e. The van der Waals surface area contributed by atoms with Crippen molar-refractivity contribution in [2.45, 2.75) is 53.4 Å². The third-order valence-corrected chi connectivity index (χ3v) is 3.67. The van der Waals surface area contributed by atoms with Gasteiger partial charge >= 0.3 is 0 Å². The van der Waals surface area contributed by atoms with E-state index in [2.05, 4.69) is 27.7 Å². The molecule has 11 heavy (non-hydrogen) atoms. The Balaban J connectivity index is 2.46. The molecule has 0 amide bonds. The van der Waals surface area contributed by atoms with Gasteiger partial charge in [0.1, 0.15) is 0 Å². The number of hydrogen-bond acceptors (Lipinski definition) is 0. The smallest absolute Gasteiger partial charge is 0.0326 e. The monoisotopic (exact) mass is 154 g/mol. The molecule has 1 saturated carbocycles. The van der Waals surface area contributed by atoms with E-state index in [0.29, 0.717) is 5.41 Å². The maximum atomic E-state index is 2.45. The highest BCUT2D eigenvalue weighted by Gasteiger charge is 2.34. The largest absolute Gasteiger partial charge is 0.0649 e. The van der Waals surface area contributed by atoms with Crippen molar-refractivity contribution in [1.29, 1.82) is 0 Å². The molecular formula is C11H22. The van der Waals surface area contributed by atoms with Crippen LogP contribution in [0.25, 0.3) is 0 Å². The quantitative estimate of drug-likeness (QED) is 0.566. The molecule has 0 aromatic carbocycles. The maximum absolute atomic E-state index is 2.45. The lowest BCUT2D eigenvalue weighted by Gasteiger charge is -2.22. The molecule has 2 atom stereocenters. The predicted octanol–water partition coefficient (Wildman–Crippen LogP) is 3.86. The Bertz CT molecular complexity index is 126. The summed E-state index contributed by atoms with van der Waals surface area (Å²) in [6.07, 6.45) is 5.78. The summed E-state index contributed by atoms with van der Waals surface area (Å²) in [7, 11) is 0. The number of hydrogen-bond donors (Lipinski definition) is 0. The van der Waals surface area contributed by atoms with Crippen LogP contribution in [-0.2, 0) is 0 Å². The van der Waals surface area contributed by atoms with Crippen molar-refractivity contribution in [1.82, 2.24) is 0 Å². The Morgan fingerprint density at radius 2 is 2.09 bits per heavy atom. The van der Waals surface area contributed by atoms with E-state index < -0.39 is 0 Å². The fraction of sp³-hybridized carbons (Fsp3) is 1.00. The summed E-state index contributed by atoms with van der Waals surface area (Å²) in [5.41, 5.74) is 0.689. The lowest BCUT2D eigenvalue weighted by Crippen LogP contribution is -2.11. The Labute approximate surface area is 71.4 Å². The van der Waals surface area contributed by atoms with E-state index >= 15 is 0 Å². The van der Waals surface area contributed by atoms with Crippen molar-refractivity contribution in [3.05, 3.63) is 0 Å². The zero-order chi connectivity index (χ0) is 8.48. The fourth-order valence-electron chi connectivity index (χ4n) is 2.26. The van der Waals surface area contributed by atoms with Gasteiger partial charge in [-0.3, -0.25) is 0 Å². The molecule has 1 aliphatic rings. The van der Waals surface area contributed by atoms with Crippen LogP contribution in [0.4, 0.5) is 0 Å². The van der Waals surface area contributed by atoms with Gasteiger partial charge in [-0.2, -0.15) is 0 Å². The molecule has 1 aliphatic carbocycles. The summed E-state index contributed by atoms with van der Waals surface area (Å²) >= 11 is 0. The van der Waals surface area contributed by atoms with Gasteiger partial charge in [-0.05, 0) is 36.5 Å². The lowest BCUT2D eigenvalue weighted by molar-refractivity contribution is 0.286. The summed E-state index contributed by atoms with van der Waals surface area (Å²) in [6.45, 7) is 9.52. The van der Waals surface area contributed by atoms with Gasteiger partial charge in [-0.15, -0.1) is 0 Å². The third-order valence-electron chi connectivity index (χ3n) is 3.67. The second-order valence-corrected chi connectivity index (χ2v) is 4.91. The van der Waals surface area contributed by atoms with E-state index in [1.807, 2.05) is 0 Å². The molecule has 0 saturated heterocycles. The van der Waals surface area contributed by atoms with Crippen molar-refractivity contribution in [2.24, 2.45) is 17.3 Å². The van der Waals surface area contributed by atoms with Crippen molar-refractivity contribution in [2.75, 3.05) is 0 Å². The van der Waals surface area contributed by atoms with Crippen LogP contribution in [0.1, 0.15) is 53.4 Å². The van der Waals surface area contributed by atoms with Crippen LogP contribution in [0.15, 0.2) is 0 Å². The molecular weight excluding hydrogens is 132 g/mol. The second kappa shape index (κ2) is 3.16. The highest BCUT2D eigenvalue weighted by molar-refractivity contribution is 4.85. The molecule has 2 unspecified atom stereocenters. The van der Waals surface area contributed by atoms with Gasteiger partial charge in [0.05, 0.1) is 0 Å². The van der Waals surface area contributed by atoms with Crippen molar-refractivity contribution in [3.8, 4) is 0 Å². The molecule has 0 aliphatic heterocycles. The van der Waals surface area contributed by atoms with Crippen LogP contribution in [0, 0.1) is 17.3 Å². The van der Waals surface area contributed by atoms with Gasteiger partial charge < -0.3 is 0 Å². The lowest BCUT2D eigenvalue weighted by atomic mass is 9.83. The Kier molecular flexibility index (Phi) is 2.61. The minimum absolute atomic E-state index is 0.689. The minimum Gasteiger partial charge on any atom is -0.0649 e. The van der Waals surface area contributed by atoms with Gasteiger partial charge in [-0.25, -0.2) is 0 Å². The first-order chi connectivity index (χ1) is 5.07. The van der Waals surface area contributed by atoms with Crippen LogP contribution in [0.5, 0.6) is 0 Å². The van der Waals surface area contributed by atoms with Crippen LogP contribution in [0.2, 0.25) is 0 Å². The molecule has 0 nitrogen and oxygen atoms in total. The highest BCUT2D eigenvalue weighted by Crippen LogP contribution is 2.46. The molecule has 0 aromatic heterocycles. The van der Waals surface area contributed by atoms with Gasteiger partial charge in [0.15, 0.2) is 0 Å². The summed E-state index contributed by atoms with van der Waals surface area (Å²) in [6, 6.07) is 0. The summed E-state index contributed by atoms with van der Waals surface area (Å²) < 4.78 is 0. The van der Waals surface area contributed by atoms with Crippen LogP contribution in [-0.4, -0.2) is 0 Å². The minimum atomic E-state index is 0.689. The van der Waals surface area contributed by atoms with E-state index in [1.54, 1.807) is 0 Å². The Morgan fingerprint density at radius 1 is 1.45 bits per heavy atom. The highest BCUT2D eigenvalue weighted by atomic mass is 14.4. The second-order valence-electron chi connectivity index (χ2n) is 4.91. The number of rotatable bonds is 2. The molecule has 1 fully saturated rings. The molecule has 0 heterocycles.